The normalized spacial score (nSPS) is 11.6. The molecule has 0 aliphatic carbocycles. The van der Waals surface area contributed by atoms with Crippen molar-refractivity contribution in [3.05, 3.63) is 48.5 Å². The van der Waals surface area contributed by atoms with Gasteiger partial charge >= 0.3 is 0 Å². The van der Waals surface area contributed by atoms with Gasteiger partial charge in [0, 0.05) is 29.7 Å². The number of nitrogens with one attached hydrogen (secondary N) is 3. The van der Waals surface area contributed by atoms with Crippen LogP contribution in [0.1, 0.15) is 27.2 Å². The Bertz CT molecular complexity index is 952. The van der Waals surface area contributed by atoms with Gasteiger partial charge in [-0.05, 0) is 44.5 Å². The van der Waals surface area contributed by atoms with Gasteiger partial charge in [-0.25, -0.2) is 9.37 Å². The summed E-state index contributed by atoms with van der Waals surface area (Å²) in [5, 5.41) is 6.61. The van der Waals surface area contributed by atoms with Crippen LogP contribution in [0.2, 0.25) is 0 Å². The molecule has 27 heavy (non-hydrogen) atoms. The first-order valence-corrected chi connectivity index (χ1v) is 8.82. The number of aromatic amines is 1. The van der Waals surface area contributed by atoms with Gasteiger partial charge in [0.05, 0.1) is 11.9 Å². The van der Waals surface area contributed by atoms with Crippen LogP contribution in [0.25, 0.3) is 11.0 Å². The molecule has 0 saturated carbocycles. The number of amides is 1. The number of anilines is 1. The number of ether oxygens (including phenoxy) is 1. The first-order valence-electron chi connectivity index (χ1n) is 8.82. The SMILES string of the molecule is CCC(C)(C)NCC(=O)Nc1ccc(Oc2ccnc3[nH]ccc23)c(F)c1. The summed E-state index contributed by atoms with van der Waals surface area (Å²) in [6.45, 7) is 6.24. The Morgan fingerprint density at radius 1 is 1.26 bits per heavy atom. The molecule has 142 valence electrons. The van der Waals surface area contributed by atoms with Crippen molar-refractivity contribution in [1.29, 1.82) is 0 Å². The van der Waals surface area contributed by atoms with Crippen molar-refractivity contribution >= 4 is 22.6 Å². The van der Waals surface area contributed by atoms with E-state index < -0.39 is 5.82 Å². The summed E-state index contributed by atoms with van der Waals surface area (Å²) < 4.78 is 20.1. The van der Waals surface area contributed by atoms with Gasteiger partial charge in [0.1, 0.15) is 11.4 Å². The molecule has 0 bridgehead atoms. The third-order valence-corrected chi connectivity index (χ3v) is 4.47. The Kier molecular flexibility index (Phi) is 5.41. The molecule has 1 amide bonds. The van der Waals surface area contributed by atoms with Crippen LogP contribution < -0.4 is 15.4 Å². The van der Waals surface area contributed by atoms with Crippen molar-refractivity contribution in [3.63, 3.8) is 0 Å². The zero-order valence-electron chi connectivity index (χ0n) is 15.6. The molecule has 0 spiro atoms. The molecule has 6 nitrogen and oxygen atoms in total. The summed E-state index contributed by atoms with van der Waals surface area (Å²) >= 11 is 0. The van der Waals surface area contributed by atoms with Gasteiger partial charge < -0.3 is 20.4 Å². The molecule has 2 heterocycles. The molecular weight excluding hydrogens is 347 g/mol. The number of halogens is 1. The summed E-state index contributed by atoms with van der Waals surface area (Å²) in [7, 11) is 0. The number of carbonyl (C=O) groups is 1. The lowest BCUT2D eigenvalue weighted by Gasteiger charge is -2.24. The highest BCUT2D eigenvalue weighted by Gasteiger charge is 2.16. The van der Waals surface area contributed by atoms with E-state index in [1.54, 1.807) is 24.5 Å². The number of fused-ring (bicyclic) bond motifs is 1. The summed E-state index contributed by atoms with van der Waals surface area (Å²) in [5.41, 5.74) is 0.913. The van der Waals surface area contributed by atoms with Crippen molar-refractivity contribution in [2.75, 3.05) is 11.9 Å². The van der Waals surface area contributed by atoms with Gasteiger partial charge in [0.2, 0.25) is 5.91 Å². The molecule has 0 radical (unpaired) electrons. The zero-order valence-corrected chi connectivity index (χ0v) is 15.6. The predicted molar refractivity (Wildman–Crippen MR) is 104 cm³/mol. The minimum atomic E-state index is -0.560. The van der Waals surface area contributed by atoms with E-state index in [9.17, 15) is 9.18 Å². The summed E-state index contributed by atoms with van der Waals surface area (Å²) in [4.78, 5) is 19.2. The average Bonchev–Trinajstić information content (AvgIpc) is 3.12. The number of nitrogens with zero attached hydrogens (tertiary/aromatic N) is 1. The third kappa shape index (κ3) is 4.62. The Hall–Kier alpha value is -2.93. The number of rotatable bonds is 7. The molecule has 3 aromatic rings. The lowest BCUT2D eigenvalue weighted by molar-refractivity contribution is -0.115. The van der Waals surface area contributed by atoms with E-state index in [0.717, 1.165) is 11.8 Å². The van der Waals surface area contributed by atoms with Crippen molar-refractivity contribution in [3.8, 4) is 11.5 Å². The second kappa shape index (κ2) is 7.75. The van der Waals surface area contributed by atoms with E-state index in [-0.39, 0.29) is 23.7 Å². The van der Waals surface area contributed by atoms with E-state index >= 15 is 0 Å². The maximum Gasteiger partial charge on any atom is 0.238 e. The van der Waals surface area contributed by atoms with E-state index in [1.807, 2.05) is 26.8 Å². The van der Waals surface area contributed by atoms with E-state index in [1.165, 1.54) is 12.1 Å². The van der Waals surface area contributed by atoms with Gasteiger partial charge in [-0.1, -0.05) is 6.92 Å². The molecule has 3 N–H and O–H groups in total. The van der Waals surface area contributed by atoms with E-state index in [0.29, 0.717) is 17.1 Å². The van der Waals surface area contributed by atoms with Gasteiger partial charge in [0.15, 0.2) is 11.6 Å². The highest BCUT2D eigenvalue weighted by atomic mass is 19.1. The summed E-state index contributed by atoms with van der Waals surface area (Å²) in [6.07, 6.45) is 4.23. The molecule has 3 rings (SSSR count). The van der Waals surface area contributed by atoms with Gasteiger partial charge in [-0.2, -0.15) is 0 Å². The molecule has 0 unspecified atom stereocenters. The highest BCUT2D eigenvalue weighted by Crippen LogP contribution is 2.31. The second-order valence-corrected chi connectivity index (χ2v) is 6.94. The predicted octanol–water partition coefficient (Wildman–Crippen LogP) is 4.21. The van der Waals surface area contributed by atoms with Crippen LogP contribution in [0.15, 0.2) is 42.7 Å². The molecule has 1 aromatic carbocycles. The van der Waals surface area contributed by atoms with Crippen molar-refractivity contribution in [2.24, 2.45) is 0 Å². The fourth-order valence-corrected chi connectivity index (χ4v) is 2.45. The van der Waals surface area contributed by atoms with E-state index in [4.69, 9.17) is 4.74 Å². The maximum atomic E-state index is 14.4. The number of pyridine rings is 1. The lowest BCUT2D eigenvalue weighted by atomic mass is 10.0. The van der Waals surface area contributed by atoms with Crippen LogP contribution in [-0.4, -0.2) is 28.0 Å². The number of H-pyrrole nitrogens is 1. The Labute approximate surface area is 157 Å². The second-order valence-electron chi connectivity index (χ2n) is 6.94. The standard InChI is InChI=1S/C20H23FN4O2/c1-4-20(2,3)24-12-18(26)25-13-5-6-17(15(21)11-13)27-16-8-10-23-19-14(16)7-9-22-19/h5-11,24H,4,12H2,1-3H3,(H,22,23)(H,25,26). The summed E-state index contributed by atoms with van der Waals surface area (Å²) in [6, 6.07) is 7.83. The van der Waals surface area contributed by atoms with Crippen LogP contribution in [0.3, 0.4) is 0 Å². The number of aromatic nitrogens is 2. The van der Waals surface area contributed by atoms with Gasteiger partial charge in [-0.3, -0.25) is 4.79 Å². The van der Waals surface area contributed by atoms with Crippen LogP contribution >= 0.6 is 0 Å². The lowest BCUT2D eigenvalue weighted by Crippen LogP contribution is -2.43. The molecule has 0 fully saturated rings. The number of carbonyl (C=O) groups excluding carboxylic acids is 1. The largest absolute Gasteiger partial charge is 0.453 e. The van der Waals surface area contributed by atoms with Gasteiger partial charge in [-0.15, -0.1) is 0 Å². The Morgan fingerprint density at radius 2 is 2.07 bits per heavy atom. The van der Waals surface area contributed by atoms with Crippen LogP contribution in [0, 0.1) is 5.82 Å². The van der Waals surface area contributed by atoms with Crippen LogP contribution in [0.5, 0.6) is 11.5 Å². The molecular formula is C20H23FN4O2. The Balaban J connectivity index is 1.67. The van der Waals surface area contributed by atoms with Crippen molar-refractivity contribution < 1.29 is 13.9 Å². The number of hydrogen-bond donors (Lipinski definition) is 3. The van der Waals surface area contributed by atoms with Crippen molar-refractivity contribution in [2.45, 2.75) is 32.7 Å². The zero-order chi connectivity index (χ0) is 19.4. The molecule has 7 heteroatoms. The third-order valence-electron chi connectivity index (χ3n) is 4.47. The van der Waals surface area contributed by atoms with E-state index in [2.05, 4.69) is 20.6 Å². The fraction of sp³-hybridized carbons (Fsp3) is 0.300. The number of hydrogen-bond acceptors (Lipinski definition) is 4. The number of benzene rings is 1. The first-order chi connectivity index (χ1) is 12.9. The van der Waals surface area contributed by atoms with Crippen LogP contribution in [0.4, 0.5) is 10.1 Å². The van der Waals surface area contributed by atoms with Gasteiger partial charge in [0.25, 0.3) is 0 Å². The maximum absolute atomic E-state index is 14.4. The topological polar surface area (TPSA) is 79.0 Å². The molecule has 0 aliphatic rings. The fourth-order valence-electron chi connectivity index (χ4n) is 2.45. The molecule has 0 aliphatic heterocycles. The minimum Gasteiger partial charge on any atom is -0.453 e. The highest BCUT2D eigenvalue weighted by molar-refractivity contribution is 5.92. The van der Waals surface area contributed by atoms with Crippen LogP contribution in [-0.2, 0) is 4.79 Å². The molecule has 2 aromatic heterocycles. The Morgan fingerprint density at radius 3 is 2.81 bits per heavy atom. The smallest absolute Gasteiger partial charge is 0.238 e. The monoisotopic (exact) mass is 370 g/mol. The van der Waals surface area contributed by atoms with Crippen molar-refractivity contribution in [1.82, 2.24) is 15.3 Å². The summed E-state index contributed by atoms with van der Waals surface area (Å²) in [5.74, 6) is -0.210. The quantitative estimate of drug-likeness (QED) is 0.582. The molecule has 0 saturated heterocycles. The minimum absolute atomic E-state index is 0.0759. The average molecular weight is 370 g/mol. The molecule has 0 atom stereocenters. The first kappa shape index (κ1) is 18.8.